The molecule has 0 aliphatic rings. The lowest BCUT2D eigenvalue weighted by Gasteiger charge is -2.11. The molecule has 1 N–H and O–H groups in total. The molecule has 19 heavy (non-hydrogen) atoms. The number of ether oxygens (including phenoxy) is 4. The second-order valence-electron chi connectivity index (χ2n) is 3.52. The lowest BCUT2D eigenvalue weighted by atomic mass is 10.4. The molecule has 0 radical (unpaired) electrons. The van der Waals surface area contributed by atoms with Gasteiger partial charge in [-0.1, -0.05) is 6.58 Å². The summed E-state index contributed by atoms with van der Waals surface area (Å²) in [5.41, 5.74) is 0.238. The first-order valence-corrected chi connectivity index (χ1v) is 5.34. The van der Waals surface area contributed by atoms with Crippen molar-refractivity contribution in [2.75, 3.05) is 19.8 Å². The van der Waals surface area contributed by atoms with Crippen LogP contribution >= 0.6 is 0 Å². The Morgan fingerprint density at radius 3 is 2.26 bits per heavy atom. The Kier molecular flexibility index (Phi) is 7.74. The molecule has 8 heteroatoms. The van der Waals surface area contributed by atoms with Crippen molar-refractivity contribution in [3.8, 4) is 0 Å². The number of carbonyl (C=O) groups excluding carboxylic acids is 2. The maximum atomic E-state index is 11.0. The van der Waals surface area contributed by atoms with Crippen molar-refractivity contribution < 1.29 is 38.4 Å². The molecule has 108 valence electrons. The quantitative estimate of drug-likeness (QED) is 0.321. The summed E-state index contributed by atoms with van der Waals surface area (Å²) in [7, 11) is 0. The van der Waals surface area contributed by atoms with E-state index in [4.69, 9.17) is 5.11 Å². The second-order valence-corrected chi connectivity index (χ2v) is 3.52. The van der Waals surface area contributed by atoms with Crippen LogP contribution in [0.4, 0.5) is 9.59 Å². The highest BCUT2D eigenvalue weighted by Crippen LogP contribution is 1.96. The molecule has 0 aromatic rings. The topological polar surface area (TPSA) is 108 Å². The lowest BCUT2D eigenvalue weighted by molar-refractivity contribution is -0.140. The van der Waals surface area contributed by atoms with Crippen molar-refractivity contribution in [2.24, 2.45) is 0 Å². The molecule has 0 rings (SSSR count). The Labute approximate surface area is 109 Å². The van der Waals surface area contributed by atoms with Gasteiger partial charge < -0.3 is 24.1 Å². The van der Waals surface area contributed by atoms with E-state index < -0.39 is 24.4 Å². The van der Waals surface area contributed by atoms with Crippen molar-refractivity contribution in [3.63, 3.8) is 0 Å². The maximum Gasteiger partial charge on any atom is 0.508 e. The van der Waals surface area contributed by atoms with Crippen molar-refractivity contribution in [3.05, 3.63) is 12.2 Å². The standard InChI is InChI=1S/C11H16O8/c1-7(2)9(12)16-4-5-17-11(15)18-6-8(3)19-10(13)14/h8H,1,4-6H2,2-3H3,(H,13,14). The van der Waals surface area contributed by atoms with Gasteiger partial charge in [-0.2, -0.15) is 0 Å². The van der Waals surface area contributed by atoms with Gasteiger partial charge in [0, 0.05) is 5.57 Å². The third-order valence-corrected chi connectivity index (χ3v) is 1.62. The SMILES string of the molecule is C=C(C)C(=O)OCCOC(=O)OCC(C)OC(=O)O. The molecule has 0 saturated heterocycles. The van der Waals surface area contributed by atoms with E-state index in [1.807, 2.05) is 0 Å². The average molecular weight is 276 g/mol. The molecule has 0 spiro atoms. The zero-order valence-electron chi connectivity index (χ0n) is 10.7. The molecule has 0 aromatic heterocycles. The zero-order valence-corrected chi connectivity index (χ0v) is 10.7. The van der Waals surface area contributed by atoms with Crippen LogP contribution in [0.25, 0.3) is 0 Å². The summed E-state index contributed by atoms with van der Waals surface area (Å²) in [5, 5.41) is 8.27. The summed E-state index contributed by atoms with van der Waals surface area (Å²) in [6.07, 6.45) is -3.27. The summed E-state index contributed by atoms with van der Waals surface area (Å²) in [4.78, 5) is 32.1. The second kappa shape index (κ2) is 8.78. The zero-order chi connectivity index (χ0) is 14.8. The van der Waals surface area contributed by atoms with Crippen LogP contribution in [-0.2, 0) is 23.7 Å². The van der Waals surface area contributed by atoms with Crippen LogP contribution in [0.5, 0.6) is 0 Å². The molecule has 1 unspecified atom stereocenters. The minimum atomic E-state index is -1.46. The molecule has 1 atom stereocenters. The highest BCUT2D eigenvalue weighted by Gasteiger charge is 2.12. The summed E-state index contributed by atoms with van der Waals surface area (Å²) in [6, 6.07) is 0. The van der Waals surface area contributed by atoms with E-state index in [-0.39, 0.29) is 25.4 Å². The van der Waals surface area contributed by atoms with Crippen molar-refractivity contribution in [1.29, 1.82) is 0 Å². The van der Waals surface area contributed by atoms with Crippen LogP contribution in [0.3, 0.4) is 0 Å². The molecule has 0 aliphatic heterocycles. The van der Waals surface area contributed by atoms with Crippen molar-refractivity contribution >= 4 is 18.3 Å². The molecular weight excluding hydrogens is 260 g/mol. The largest absolute Gasteiger partial charge is 0.508 e. The van der Waals surface area contributed by atoms with E-state index in [0.29, 0.717) is 0 Å². The van der Waals surface area contributed by atoms with Gasteiger partial charge in [0.15, 0.2) is 0 Å². The van der Waals surface area contributed by atoms with Crippen LogP contribution < -0.4 is 0 Å². The summed E-state index contributed by atoms with van der Waals surface area (Å²) >= 11 is 0. The number of carbonyl (C=O) groups is 3. The van der Waals surface area contributed by atoms with E-state index in [1.165, 1.54) is 13.8 Å². The molecule has 0 heterocycles. The Morgan fingerprint density at radius 1 is 1.16 bits per heavy atom. The first-order valence-electron chi connectivity index (χ1n) is 5.34. The lowest BCUT2D eigenvalue weighted by Crippen LogP contribution is -2.22. The fraction of sp³-hybridized carbons (Fsp3) is 0.545. The fourth-order valence-corrected chi connectivity index (χ4v) is 0.816. The Balaban J connectivity index is 3.62. The van der Waals surface area contributed by atoms with Gasteiger partial charge in [0.1, 0.15) is 25.9 Å². The summed E-state index contributed by atoms with van der Waals surface area (Å²) in [5.74, 6) is -0.583. The van der Waals surface area contributed by atoms with Gasteiger partial charge in [-0.05, 0) is 13.8 Å². The highest BCUT2D eigenvalue weighted by atomic mass is 16.7. The van der Waals surface area contributed by atoms with E-state index in [2.05, 4.69) is 25.5 Å². The Bertz CT molecular complexity index is 349. The number of hydrogen-bond acceptors (Lipinski definition) is 7. The molecule has 0 fully saturated rings. The molecule has 8 nitrogen and oxygen atoms in total. The molecule has 0 amide bonds. The van der Waals surface area contributed by atoms with Gasteiger partial charge >= 0.3 is 18.3 Å². The van der Waals surface area contributed by atoms with Crippen LogP contribution in [0, 0.1) is 0 Å². The number of rotatable bonds is 7. The average Bonchev–Trinajstić information content (AvgIpc) is 2.30. The molecule has 0 aromatic carbocycles. The maximum absolute atomic E-state index is 11.0. The number of carboxylic acid groups (broad SMARTS) is 1. The van der Waals surface area contributed by atoms with Gasteiger partial charge in [-0.3, -0.25) is 0 Å². The highest BCUT2D eigenvalue weighted by molar-refractivity contribution is 5.86. The predicted octanol–water partition coefficient (Wildman–Crippen LogP) is 1.34. The first-order chi connectivity index (χ1) is 8.82. The third-order valence-electron chi connectivity index (χ3n) is 1.62. The Hall–Kier alpha value is -2.25. The molecular formula is C11H16O8. The number of esters is 1. The molecule has 0 bridgehead atoms. The molecule has 0 saturated carbocycles. The van der Waals surface area contributed by atoms with Crippen LogP contribution in [0.1, 0.15) is 13.8 Å². The van der Waals surface area contributed by atoms with Gasteiger partial charge in [0.05, 0.1) is 0 Å². The van der Waals surface area contributed by atoms with E-state index >= 15 is 0 Å². The molecule has 0 aliphatic carbocycles. The van der Waals surface area contributed by atoms with Crippen LogP contribution in [0.15, 0.2) is 12.2 Å². The van der Waals surface area contributed by atoms with E-state index in [1.54, 1.807) is 0 Å². The van der Waals surface area contributed by atoms with Crippen LogP contribution in [0.2, 0.25) is 0 Å². The predicted molar refractivity (Wildman–Crippen MR) is 61.6 cm³/mol. The van der Waals surface area contributed by atoms with Crippen LogP contribution in [-0.4, -0.2) is 49.3 Å². The normalized spacial score (nSPS) is 11.1. The monoisotopic (exact) mass is 276 g/mol. The minimum absolute atomic E-state index is 0.123. The van der Waals surface area contributed by atoms with E-state index in [0.717, 1.165) is 0 Å². The van der Waals surface area contributed by atoms with E-state index in [9.17, 15) is 14.4 Å². The van der Waals surface area contributed by atoms with Crippen molar-refractivity contribution in [2.45, 2.75) is 20.0 Å². The van der Waals surface area contributed by atoms with Gasteiger partial charge in [-0.15, -0.1) is 0 Å². The smallest absolute Gasteiger partial charge is 0.459 e. The first kappa shape index (κ1) is 16.8. The summed E-state index contributed by atoms with van der Waals surface area (Å²) in [6.45, 7) is 5.71. The Morgan fingerprint density at radius 2 is 1.74 bits per heavy atom. The third kappa shape index (κ3) is 9.45. The fourth-order valence-electron chi connectivity index (χ4n) is 0.816. The van der Waals surface area contributed by atoms with Gasteiger partial charge in [0.25, 0.3) is 0 Å². The van der Waals surface area contributed by atoms with Gasteiger partial charge in [-0.25, -0.2) is 14.4 Å². The van der Waals surface area contributed by atoms with Gasteiger partial charge in [0.2, 0.25) is 0 Å². The minimum Gasteiger partial charge on any atom is -0.459 e. The van der Waals surface area contributed by atoms with Crippen molar-refractivity contribution in [1.82, 2.24) is 0 Å². The summed E-state index contributed by atoms with van der Waals surface area (Å²) < 4.78 is 18.1. The number of hydrogen-bond donors (Lipinski definition) is 1.